The molecule has 0 radical (unpaired) electrons. The van der Waals surface area contributed by atoms with Gasteiger partial charge in [-0.15, -0.1) is 0 Å². The van der Waals surface area contributed by atoms with Gasteiger partial charge in [-0.3, -0.25) is 4.79 Å². The maximum atomic E-state index is 13.0. The van der Waals surface area contributed by atoms with E-state index in [1.807, 2.05) is 0 Å². The predicted molar refractivity (Wildman–Crippen MR) is 60.2 cm³/mol. The monoisotopic (exact) mass is 289 g/mol. The summed E-state index contributed by atoms with van der Waals surface area (Å²) in [6.45, 7) is 0. The number of benzene rings is 1. The maximum absolute atomic E-state index is 13.0. The van der Waals surface area contributed by atoms with E-state index < -0.39 is 11.8 Å². The number of carbonyl (C=O) groups excluding carboxylic acids is 2. The number of nitrogens with one attached hydrogen (secondary N) is 1. The summed E-state index contributed by atoms with van der Waals surface area (Å²) >= 11 is 2.95. The first-order valence-electron chi connectivity index (χ1n) is 4.32. The van der Waals surface area contributed by atoms with Crippen molar-refractivity contribution in [2.45, 2.75) is 0 Å². The van der Waals surface area contributed by atoms with Gasteiger partial charge in [-0.1, -0.05) is 15.9 Å². The molecule has 0 saturated carbocycles. The number of amides is 1. The third kappa shape index (κ3) is 3.03. The molecule has 0 bridgehead atoms. The topological polar surface area (TPSA) is 55.4 Å². The number of esters is 1. The lowest BCUT2D eigenvalue weighted by molar-refractivity contribution is -0.113. The smallest absolute Gasteiger partial charge is 0.339 e. The van der Waals surface area contributed by atoms with Gasteiger partial charge in [0.25, 0.3) is 0 Å². The molecule has 0 saturated heterocycles. The molecule has 16 heavy (non-hydrogen) atoms. The third-order valence-electron chi connectivity index (χ3n) is 1.78. The van der Waals surface area contributed by atoms with E-state index in [9.17, 15) is 14.0 Å². The Morgan fingerprint density at radius 1 is 1.50 bits per heavy atom. The molecule has 1 rings (SSSR count). The Kier molecular flexibility index (Phi) is 4.42. The van der Waals surface area contributed by atoms with Crippen molar-refractivity contribution in [1.29, 1.82) is 0 Å². The van der Waals surface area contributed by atoms with Gasteiger partial charge in [-0.05, 0) is 18.2 Å². The van der Waals surface area contributed by atoms with Crippen molar-refractivity contribution in [2.24, 2.45) is 0 Å². The molecule has 0 unspecified atom stereocenters. The number of methoxy groups -OCH3 is 1. The molecule has 0 atom stereocenters. The summed E-state index contributed by atoms with van der Waals surface area (Å²) in [5.74, 6) is -1.56. The van der Waals surface area contributed by atoms with E-state index in [-0.39, 0.29) is 22.5 Å². The number of hydrogen-bond acceptors (Lipinski definition) is 3. The van der Waals surface area contributed by atoms with Gasteiger partial charge in [0.05, 0.1) is 23.7 Å². The Hall–Kier alpha value is -1.43. The Bertz CT molecular complexity index is 423. The minimum Gasteiger partial charge on any atom is -0.465 e. The van der Waals surface area contributed by atoms with Gasteiger partial charge < -0.3 is 10.1 Å². The van der Waals surface area contributed by atoms with E-state index in [1.165, 1.54) is 13.2 Å². The minimum absolute atomic E-state index is 0.0596. The van der Waals surface area contributed by atoms with Crippen LogP contribution in [0.5, 0.6) is 0 Å². The zero-order valence-corrected chi connectivity index (χ0v) is 10.0. The summed E-state index contributed by atoms with van der Waals surface area (Å²) < 4.78 is 17.5. The van der Waals surface area contributed by atoms with E-state index in [2.05, 4.69) is 26.0 Å². The van der Waals surface area contributed by atoms with Gasteiger partial charge in [0.1, 0.15) is 5.82 Å². The predicted octanol–water partition coefficient (Wildman–Crippen LogP) is 1.95. The van der Waals surface area contributed by atoms with Crippen molar-refractivity contribution >= 4 is 33.5 Å². The molecule has 0 heterocycles. The summed E-state index contributed by atoms with van der Waals surface area (Å²) in [5.41, 5.74) is 0.203. The number of halogens is 2. The van der Waals surface area contributed by atoms with E-state index in [1.54, 1.807) is 0 Å². The summed E-state index contributed by atoms with van der Waals surface area (Å²) in [6.07, 6.45) is 0. The molecule has 0 fully saturated rings. The molecule has 6 heteroatoms. The minimum atomic E-state index is -0.634. The fourth-order valence-electron chi connectivity index (χ4n) is 1.09. The van der Waals surface area contributed by atoms with Crippen LogP contribution >= 0.6 is 15.9 Å². The SMILES string of the molecule is COC(=O)c1ccc(F)cc1NC(=O)CBr. The average Bonchev–Trinajstić information content (AvgIpc) is 2.28. The Morgan fingerprint density at radius 3 is 2.75 bits per heavy atom. The van der Waals surface area contributed by atoms with Crippen LogP contribution in [0.2, 0.25) is 0 Å². The van der Waals surface area contributed by atoms with Gasteiger partial charge in [0.2, 0.25) is 5.91 Å². The molecule has 4 nitrogen and oxygen atoms in total. The van der Waals surface area contributed by atoms with Crippen LogP contribution in [0.15, 0.2) is 18.2 Å². The lowest BCUT2D eigenvalue weighted by Crippen LogP contribution is -2.16. The number of anilines is 1. The van der Waals surface area contributed by atoms with Crippen LogP contribution in [0.1, 0.15) is 10.4 Å². The summed E-state index contributed by atoms with van der Waals surface area (Å²) in [5, 5.41) is 2.45. The van der Waals surface area contributed by atoms with Crippen LogP contribution < -0.4 is 5.32 Å². The van der Waals surface area contributed by atoms with E-state index in [0.29, 0.717) is 0 Å². The van der Waals surface area contributed by atoms with Gasteiger partial charge >= 0.3 is 5.97 Å². The molecule has 0 aliphatic heterocycles. The number of hydrogen-bond donors (Lipinski definition) is 1. The van der Waals surface area contributed by atoms with Crippen LogP contribution in [0.25, 0.3) is 0 Å². The van der Waals surface area contributed by atoms with Crippen LogP contribution in [0, 0.1) is 5.82 Å². The van der Waals surface area contributed by atoms with Crippen molar-refractivity contribution in [3.8, 4) is 0 Å². The first-order valence-corrected chi connectivity index (χ1v) is 5.44. The molecule has 86 valence electrons. The molecule has 1 aromatic carbocycles. The van der Waals surface area contributed by atoms with Crippen LogP contribution in [0.3, 0.4) is 0 Å². The molecule has 1 amide bonds. The van der Waals surface area contributed by atoms with Gasteiger partial charge in [-0.25, -0.2) is 9.18 Å². The molecule has 1 N–H and O–H groups in total. The van der Waals surface area contributed by atoms with E-state index in [4.69, 9.17) is 0 Å². The molecule has 0 aliphatic rings. The molecule has 0 spiro atoms. The third-order valence-corrected chi connectivity index (χ3v) is 2.29. The number of carbonyl (C=O) groups is 2. The molecule has 1 aromatic rings. The van der Waals surface area contributed by atoms with Crippen molar-refractivity contribution in [3.63, 3.8) is 0 Å². The summed E-state index contributed by atoms with van der Waals surface area (Å²) in [4.78, 5) is 22.4. The lowest BCUT2D eigenvalue weighted by Gasteiger charge is -2.08. The van der Waals surface area contributed by atoms with Crippen molar-refractivity contribution in [2.75, 3.05) is 17.8 Å². The first-order chi connectivity index (χ1) is 7.58. The number of ether oxygens (including phenoxy) is 1. The Balaban J connectivity index is 3.08. The normalized spacial score (nSPS) is 9.69. The number of rotatable bonds is 3. The van der Waals surface area contributed by atoms with Crippen LogP contribution in [-0.2, 0) is 9.53 Å². The summed E-state index contributed by atoms with van der Waals surface area (Å²) in [7, 11) is 1.21. The average molecular weight is 290 g/mol. The fourth-order valence-corrected chi connectivity index (χ4v) is 1.23. The molecule has 0 aliphatic carbocycles. The van der Waals surface area contributed by atoms with Crippen molar-refractivity contribution < 1.29 is 18.7 Å². The van der Waals surface area contributed by atoms with Crippen molar-refractivity contribution in [1.82, 2.24) is 0 Å². The highest BCUT2D eigenvalue weighted by molar-refractivity contribution is 9.09. The first kappa shape index (κ1) is 12.6. The fraction of sp³-hybridized carbons (Fsp3) is 0.200. The van der Waals surface area contributed by atoms with Crippen molar-refractivity contribution in [3.05, 3.63) is 29.6 Å². The second-order valence-corrected chi connectivity index (χ2v) is 3.42. The standard InChI is InChI=1S/C10H9BrFNO3/c1-16-10(15)7-3-2-6(12)4-8(7)13-9(14)5-11/h2-4H,5H2,1H3,(H,13,14). The maximum Gasteiger partial charge on any atom is 0.339 e. The largest absolute Gasteiger partial charge is 0.465 e. The van der Waals surface area contributed by atoms with E-state index in [0.717, 1.165) is 12.1 Å². The van der Waals surface area contributed by atoms with Gasteiger partial charge in [0.15, 0.2) is 0 Å². The van der Waals surface area contributed by atoms with Gasteiger partial charge in [0, 0.05) is 0 Å². The van der Waals surface area contributed by atoms with Gasteiger partial charge in [-0.2, -0.15) is 0 Å². The Labute approximate surface area is 99.9 Å². The zero-order valence-electron chi connectivity index (χ0n) is 8.42. The van der Waals surface area contributed by atoms with E-state index >= 15 is 0 Å². The lowest BCUT2D eigenvalue weighted by atomic mass is 10.1. The second kappa shape index (κ2) is 5.60. The number of alkyl halides is 1. The molecule has 0 aromatic heterocycles. The van der Waals surface area contributed by atoms with Crippen LogP contribution in [0.4, 0.5) is 10.1 Å². The quantitative estimate of drug-likeness (QED) is 0.683. The highest BCUT2D eigenvalue weighted by Crippen LogP contribution is 2.18. The molecular formula is C10H9BrFNO3. The summed E-state index contributed by atoms with van der Waals surface area (Å²) in [6, 6.07) is 3.44. The Morgan fingerprint density at radius 2 is 2.19 bits per heavy atom. The van der Waals surface area contributed by atoms with Crippen LogP contribution in [-0.4, -0.2) is 24.3 Å². The highest BCUT2D eigenvalue weighted by Gasteiger charge is 2.14. The highest BCUT2D eigenvalue weighted by atomic mass is 79.9. The zero-order chi connectivity index (χ0) is 12.1. The second-order valence-electron chi connectivity index (χ2n) is 2.86. The molecular weight excluding hydrogens is 281 g/mol.